The minimum absolute atomic E-state index is 0.0441. The Hall–Kier alpha value is -4.18. The number of allylic oxidation sites excluding steroid dienone is 1. The van der Waals surface area contributed by atoms with Crippen LogP contribution in [0.15, 0.2) is 75.3 Å². The molecule has 2 N–H and O–H groups in total. The molecule has 0 amide bonds. The minimum Gasteiger partial charge on any atom is -0.490 e. The van der Waals surface area contributed by atoms with Crippen molar-refractivity contribution in [2.75, 3.05) is 6.61 Å². The summed E-state index contributed by atoms with van der Waals surface area (Å²) < 4.78 is 22.6. The Morgan fingerprint density at radius 3 is 2.59 bits per heavy atom. The Balaban J connectivity index is 1.76. The first-order valence-electron chi connectivity index (χ1n) is 10.2. The molecule has 1 aromatic heterocycles. The molecule has 1 unspecified atom stereocenters. The van der Waals surface area contributed by atoms with Crippen LogP contribution in [-0.2, 0) is 6.61 Å². The normalized spacial score (nSPS) is 14.8. The average Bonchev–Trinajstić information content (AvgIpc) is 2.78. The molecule has 0 fully saturated rings. The number of benzene rings is 2. The van der Waals surface area contributed by atoms with Gasteiger partial charge in [0, 0.05) is 6.07 Å². The molecule has 1 atom stereocenters. The molecule has 32 heavy (non-hydrogen) atoms. The van der Waals surface area contributed by atoms with Crippen LogP contribution in [-0.4, -0.2) is 6.61 Å². The Labute approximate surface area is 185 Å². The molecule has 4 rings (SSSR count). The van der Waals surface area contributed by atoms with Crippen LogP contribution < -0.4 is 25.6 Å². The van der Waals surface area contributed by atoms with Gasteiger partial charge in [-0.05, 0) is 37.1 Å². The fourth-order valence-electron chi connectivity index (χ4n) is 3.68. The summed E-state index contributed by atoms with van der Waals surface area (Å²) in [5, 5.41) is 9.75. The van der Waals surface area contributed by atoms with Crippen LogP contribution in [0.2, 0.25) is 0 Å². The van der Waals surface area contributed by atoms with Crippen LogP contribution in [0.25, 0.3) is 0 Å². The van der Waals surface area contributed by atoms with Gasteiger partial charge in [0.15, 0.2) is 11.5 Å². The van der Waals surface area contributed by atoms with Crippen molar-refractivity contribution < 1.29 is 18.6 Å². The Morgan fingerprint density at radius 2 is 1.88 bits per heavy atom. The maximum atomic E-state index is 12.7. The average molecular weight is 430 g/mol. The van der Waals surface area contributed by atoms with Gasteiger partial charge in [0.25, 0.3) is 0 Å². The van der Waals surface area contributed by atoms with Crippen LogP contribution >= 0.6 is 0 Å². The second-order valence-corrected chi connectivity index (χ2v) is 7.26. The molecule has 1 aliphatic rings. The summed E-state index contributed by atoms with van der Waals surface area (Å²) >= 11 is 0. The number of aryl methyl sites for hydroxylation is 1. The molecule has 0 aliphatic carbocycles. The van der Waals surface area contributed by atoms with Gasteiger partial charge in [-0.15, -0.1) is 0 Å². The number of ether oxygens (including phenoxy) is 3. The number of fused-ring (bicyclic) bond motifs is 1. The van der Waals surface area contributed by atoms with Gasteiger partial charge >= 0.3 is 5.63 Å². The maximum absolute atomic E-state index is 12.7. The molecule has 0 bridgehead atoms. The number of nitrogens with zero attached hydrogens (tertiary/aromatic N) is 1. The van der Waals surface area contributed by atoms with E-state index in [1.54, 1.807) is 31.2 Å². The third kappa shape index (κ3) is 4.03. The van der Waals surface area contributed by atoms with E-state index in [-0.39, 0.29) is 22.8 Å². The summed E-state index contributed by atoms with van der Waals surface area (Å²) in [6, 6.07) is 18.8. The standard InChI is InChI=1S/C25H22N2O5/c1-3-29-20-12-17(9-10-19(20)30-14-16-7-5-4-6-8-16)22-18(13-26)24(27)32-21-11-15(2)31-25(28)23(21)22/h4-12,22H,3,14,27H2,1-2H3. The number of hydrogen-bond acceptors (Lipinski definition) is 7. The fraction of sp³-hybridized carbons (Fsp3) is 0.200. The number of rotatable bonds is 6. The molecular formula is C25H22N2O5. The lowest BCUT2D eigenvalue weighted by atomic mass is 9.84. The third-order valence-corrected chi connectivity index (χ3v) is 5.09. The van der Waals surface area contributed by atoms with Crippen LogP contribution in [0, 0.1) is 18.3 Å². The van der Waals surface area contributed by atoms with E-state index in [1.807, 2.05) is 37.3 Å². The van der Waals surface area contributed by atoms with E-state index in [2.05, 4.69) is 6.07 Å². The van der Waals surface area contributed by atoms with Gasteiger partial charge in [0.1, 0.15) is 29.8 Å². The van der Waals surface area contributed by atoms with Gasteiger partial charge in [-0.1, -0.05) is 36.4 Å². The van der Waals surface area contributed by atoms with Crippen molar-refractivity contribution >= 4 is 0 Å². The summed E-state index contributed by atoms with van der Waals surface area (Å²) in [6.45, 7) is 4.30. The van der Waals surface area contributed by atoms with Crippen LogP contribution in [0.1, 0.15) is 35.3 Å². The van der Waals surface area contributed by atoms with Gasteiger partial charge in [-0.25, -0.2) is 4.79 Å². The zero-order valence-electron chi connectivity index (χ0n) is 17.8. The van der Waals surface area contributed by atoms with Gasteiger partial charge in [0.2, 0.25) is 5.88 Å². The lowest BCUT2D eigenvalue weighted by molar-refractivity contribution is 0.269. The lowest BCUT2D eigenvalue weighted by Crippen LogP contribution is -2.26. The molecule has 2 aromatic carbocycles. The molecule has 2 heterocycles. The van der Waals surface area contributed by atoms with Crippen molar-refractivity contribution in [3.8, 4) is 23.3 Å². The number of nitrogens with two attached hydrogens (primary N) is 1. The predicted molar refractivity (Wildman–Crippen MR) is 117 cm³/mol. The fourth-order valence-corrected chi connectivity index (χ4v) is 3.68. The first-order chi connectivity index (χ1) is 15.5. The molecule has 7 heteroatoms. The molecule has 0 spiro atoms. The summed E-state index contributed by atoms with van der Waals surface area (Å²) in [5.41, 5.74) is 7.46. The first kappa shape index (κ1) is 21.1. The number of nitriles is 1. The van der Waals surface area contributed by atoms with E-state index < -0.39 is 11.5 Å². The van der Waals surface area contributed by atoms with E-state index in [1.165, 1.54) is 0 Å². The quantitative estimate of drug-likeness (QED) is 0.626. The second-order valence-electron chi connectivity index (χ2n) is 7.26. The highest BCUT2D eigenvalue weighted by atomic mass is 16.5. The lowest BCUT2D eigenvalue weighted by Gasteiger charge is -2.25. The SMILES string of the molecule is CCOc1cc(C2C(C#N)=C(N)Oc3cc(C)oc(=O)c32)ccc1OCc1ccccc1. The first-order valence-corrected chi connectivity index (χ1v) is 10.2. The van der Waals surface area contributed by atoms with E-state index in [9.17, 15) is 10.1 Å². The highest BCUT2D eigenvalue weighted by molar-refractivity contribution is 5.57. The largest absolute Gasteiger partial charge is 0.490 e. The third-order valence-electron chi connectivity index (χ3n) is 5.09. The van der Waals surface area contributed by atoms with Crippen molar-refractivity contribution in [2.45, 2.75) is 26.4 Å². The molecule has 1 aliphatic heterocycles. The molecule has 0 saturated heterocycles. The molecule has 7 nitrogen and oxygen atoms in total. The highest BCUT2D eigenvalue weighted by Crippen LogP contribution is 2.42. The molecule has 162 valence electrons. The van der Waals surface area contributed by atoms with Crippen LogP contribution in [0.4, 0.5) is 0 Å². The minimum atomic E-state index is -0.747. The van der Waals surface area contributed by atoms with Gasteiger partial charge in [-0.3, -0.25) is 0 Å². The number of hydrogen-bond donors (Lipinski definition) is 1. The molecule has 0 saturated carbocycles. The topological polar surface area (TPSA) is 108 Å². The Morgan fingerprint density at radius 1 is 1.09 bits per heavy atom. The van der Waals surface area contributed by atoms with Crippen molar-refractivity contribution in [2.24, 2.45) is 5.73 Å². The van der Waals surface area contributed by atoms with Crippen molar-refractivity contribution in [3.63, 3.8) is 0 Å². The summed E-state index contributed by atoms with van der Waals surface area (Å²) in [6.07, 6.45) is 0. The molecule has 0 radical (unpaired) electrons. The van der Waals surface area contributed by atoms with Crippen LogP contribution in [0.5, 0.6) is 17.2 Å². The molecule has 3 aromatic rings. The van der Waals surface area contributed by atoms with E-state index >= 15 is 0 Å². The summed E-state index contributed by atoms with van der Waals surface area (Å²) in [5.74, 6) is 0.933. The predicted octanol–water partition coefficient (Wildman–Crippen LogP) is 4.14. The van der Waals surface area contributed by atoms with Crippen molar-refractivity contribution in [1.29, 1.82) is 5.26 Å². The second kappa shape index (κ2) is 8.90. The highest BCUT2D eigenvalue weighted by Gasteiger charge is 2.34. The summed E-state index contributed by atoms with van der Waals surface area (Å²) in [7, 11) is 0. The van der Waals surface area contributed by atoms with Gasteiger partial charge in [-0.2, -0.15) is 5.26 Å². The van der Waals surface area contributed by atoms with Crippen molar-refractivity contribution in [1.82, 2.24) is 0 Å². The van der Waals surface area contributed by atoms with Gasteiger partial charge in [0.05, 0.1) is 18.1 Å². The van der Waals surface area contributed by atoms with Crippen molar-refractivity contribution in [3.05, 3.63) is 98.9 Å². The summed E-state index contributed by atoms with van der Waals surface area (Å²) in [4.78, 5) is 12.7. The van der Waals surface area contributed by atoms with E-state index in [4.69, 9.17) is 24.4 Å². The monoisotopic (exact) mass is 430 g/mol. The van der Waals surface area contributed by atoms with Crippen LogP contribution in [0.3, 0.4) is 0 Å². The zero-order valence-corrected chi connectivity index (χ0v) is 17.8. The zero-order chi connectivity index (χ0) is 22.7. The Kier molecular flexibility index (Phi) is 5.86. The maximum Gasteiger partial charge on any atom is 0.343 e. The van der Waals surface area contributed by atoms with E-state index in [0.717, 1.165) is 5.56 Å². The van der Waals surface area contributed by atoms with Gasteiger partial charge < -0.3 is 24.4 Å². The van der Waals surface area contributed by atoms with E-state index in [0.29, 0.717) is 36.0 Å². The Bertz CT molecular complexity index is 1270. The smallest absolute Gasteiger partial charge is 0.343 e. The molecular weight excluding hydrogens is 408 g/mol.